The molecule has 0 N–H and O–H groups in total. The van der Waals surface area contributed by atoms with E-state index in [9.17, 15) is 0 Å². The minimum Gasteiger partial charge on any atom is -0.261 e. The maximum atomic E-state index is 4.64. The lowest BCUT2D eigenvalue weighted by atomic mass is 9.66. The zero-order valence-corrected chi connectivity index (χ0v) is 14.8. The van der Waals surface area contributed by atoms with Gasteiger partial charge in [-0.1, -0.05) is 67.2 Å². The molecule has 0 aliphatic heterocycles. The van der Waals surface area contributed by atoms with E-state index in [0.717, 1.165) is 35.0 Å². The van der Waals surface area contributed by atoms with Crippen LogP contribution >= 0.6 is 22.6 Å². The van der Waals surface area contributed by atoms with E-state index in [1.807, 2.05) is 6.21 Å². The SMILES string of the molecule is CC/C=N\C(=C\CCI)C1=CCC(C2CCC2C)C=C1. The minimum atomic E-state index is 0.767. The highest BCUT2D eigenvalue weighted by molar-refractivity contribution is 14.1. The average Bonchev–Trinajstić information content (AvgIpc) is 2.47. The Hall–Kier alpha value is -0.380. The summed E-state index contributed by atoms with van der Waals surface area (Å²) in [5, 5.41) is 0. The number of allylic oxidation sites excluding steroid dienone is 4. The summed E-state index contributed by atoms with van der Waals surface area (Å²) in [4.78, 5) is 4.64. The van der Waals surface area contributed by atoms with Crippen molar-refractivity contribution < 1.29 is 0 Å². The lowest BCUT2D eigenvalue weighted by Crippen LogP contribution is -2.30. The summed E-state index contributed by atoms with van der Waals surface area (Å²) in [6.45, 7) is 4.54. The molecule has 2 aliphatic carbocycles. The fourth-order valence-corrected chi connectivity index (χ4v) is 3.41. The molecule has 0 bridgehead atoms. The van der Waals surface area contributed by atoms with Crippen LogP contribution in [0.2, 0.25) is 0 Å². The fraction of sp³-hybridized carbons (Fsp3) is 0.611. The summed E-state index contributed by atoms with van der Waals surface area (Å²) in [5.74, 6) is 2.61. The Labute approximate surface area is 137 Å². The van der Waals surface area contributed by atoms with Gasteiger partial charge in [-0.15, -0.1) is 0 Å². The van der Waals surface area contributed by atoms with E-state index in [2.05, 4.69) is 65.7 Å². The van der Waals surface area contributed by atoms with Crippen molar-refractivity contribution in [2.75, 3.05) is 4.43 Å². The largest absolute Gasteiger partial charge is 0.261 e. The molecule has 0 aromatic carbocycles. The molecular weight excluding hydrogens is 357 g/mol. The molecule has 110 valence electrons. The van der Waals surface area contributed by atoms with E-state index in [4.69, 9.17) is 0 Å². The van der Waals surface area contributed by atoms with Gasteiger partial charge in [0, 0.05) is 10.6 Å². The third kappa shape index (κ3) is 4.06. The van der Waals surface area contributed by atoms with Gasteiger partial charge in [0.2, 0.25) is 0 Å². The van der Waals surface area contributed by atoms with Gasteiger partial charge in [0.25, 0.3) is 0 Å². The first-order valence-electron chi connectivity index (χ1n) is 7.93. The third-order valence-electron chi connectivity index (χ3n) is 4.52. The van der Waals surface area contributed by atoms with Gasteiger partial charge in [-0.25, -0.2) is 0 Å². The summed E-state index contributed by atoms with van der Waals surface area (Å²) >= 11 is 2.42. The number of aliphatic imine (C=N–C) groups is 1. The number of hydrogen-bond acceptors (Lipinski definition) is 1. The monoisotopic (exact) mass is 383 g/mol. The predicted molar refractivity (Wildman–Crippen MR) is 97.6 cm³/mol. The number of halogens is 1. The quantitative estimate of drug-likeness (QED) is 0.316. The van der Waals surface area contributed by atoms with Gasteiger partial charge >= 0.3 is 0 Å². The van der Waals surface area contributed by atoms with E-state index in [0.29, 0.717) is 0 Å². The molecule has 0 aromatic heterocycles. The molecule has 2 aliphatic rings. The molecule has 0 heterocycles. The Kier molecular flexibility index (Phi) is 6.53. The molecule has 1 nitrogen and oxygen atoms in total. The molecule has 0 saturated heterocycles. The van der Waals surface area contributed by atoms with Crippen LogP contribution in [0.5, 0.6) is 0 Å². The first-order valence-corrected chi connectivity index (χ1v) is 9.46. The van der Waals surface area contributed by atoms with E-state index in [1.54, 1.807) is 0 Å². The lowest BCUT2D eigenvalue weighted by molar-refractivity contribution is 0.144. The number of hydrogen-bond donors (Lipinski definition) is 0. The Morgan fingerprint density at radius 2 is 2.30 bits per heavy atom. The van der Waals surface area contributed by atoms with Crippen LogP contribution in [0.4, 0.5) is 0 Å². The van der Waals surface area contributed by atoms with Crippen LogP contribution in [0.25, 0.3) is 0 Å². The first-order chi connectivity index (χ1) is 9.76. The molecule has 0 aromatic rings. The van der Waals surface area contributed by atoms with Crippen LogP contribution in [-0.4, -0.2) is 10.6 Å². The second-order valence-electron chi connectivity index (χ2n) is 5.92. The highest BCUT2D eigenvalue weighted by Crippen LogP contribution is 2.43. The molecule has 20 heavy (non-hydrogen) atoms. The van der Waals surface area contributed by atoms with Crippen LogP contribution in [0.3, 0.4) is 0 Å². The van der Waals surface area contributed by atoms with Crippen molar-refractivity contribution in [2.45, 2.75) is 46.0 Å². The van der Waals surface area contributed by atoms with Crippen molar-refractivity contribution in [2.24, 2.45) is 22.7 Å². The Morgan fingerprint density at radius 3 is 2.80 bits per heavy atom. The third-order valence-corrected chi connectivity index (χ3v) is 5.15. The molecule has 3 atom stereocenters. The molecule has 0 amide bonds. The molecule has 2 heteroatoms. The second-order valence-corrected chi connectivity index (χ2v) is 7.00. The Morgan fingerprint density at radius 1 is 1.45 bits per heavy atom. The fourth-order valence-electron chi connectivity index (χ4n) is 3.10. The zero-order chi connectivity index (χ0) is 14.4. The Balaban J connectivity index is 2.01. The van der Waals surface area contributed by atoms with Crippen molar-refractivity contribution in [1.29, 1.82) is 0 Å². The highest BCUT2D eigenvalue weighted by Gasteiger charge is 2.32. The van der Waals surface area contributed by atoms with Gasteiger partial charge in [-0.2, -0.15) is 0 Å². The minimum absolute atomic E-state index is 0.767. The zero-order valence-electron chi connectivity index (χ0n) is 12.7. The van der Waals surface area contributed by atoms with Gasteiger partial charge in [0.15, 0.2) is 0 Å². The first kappa shape index (κ1) is 16.0. The van der Waals surface area contributed by atoms with Crippen molar-refractivity contribution >= 4 is 28.8 Å². The molecular formula is C18H26IN. The van der Waals surface area contributed by atoms with Gasteiger partial charge < -0.3 is 0 Å². The van der Waals surface area contributed by atoms with E-state index >= 15 is 0 Å². The number of rotatable bonds is 6. The van der Waals surface area contributed by atoms with Gasteiger partial charge in [-0.05, 0) is 49.0 Å². The molecule has 3 unspecified atom stereocenters. The van der Waals surface area contributed by atoms with Gasteiger partial charge in [0.05, 0.1) is 5.70 Å². The standard InChI is InChI=1S/C18H26IN/c1-3-13-20-18(5-4-12-19)16-9-7-15(8-10-16)17-11-6-14(17)2/h5,7,9-10,13-15,17H,3-4,6,8,11-12H2,1-2H3/b18-5+,20-13-. The molecule has 2 rings (SSSR count). The van der Waals surface area contributed by atoms with Crippen molar-refractivity contribution in [1.82, 2.24) is 0 Å². The smallest absolute Gasteiger partial charge is 0.0655 e. The normalized spacial score (nSPS) is 30.4. The number of nitrogens with zero attached hydrogens (tertiary/aromatic N) is 1. The Bertz CT molecular complexity index is 431. The van der Waals surface area contributed by atoms with Crippen molar-refractivity contribution in [3.63, 3.8) is 0 Å². The predicted octanol–water partition coefficient (Wildman–Crippen LogP) is 5.72. The molecule has 1 fully saturated rings. The summed E-state index contributed by atoms with van der Waals surface area (Å²) in [5.41, 5.74) is 2.49. The van der Waals surface area contributed by atoms with Crippen LogP contribution in [0, 0.1) is 17.8 Å². The summed E-state index contributed by atoms with van der Waals surface area (Å²) in [6, 6.07) is 0. The summed E-state index contributed by atoms with van der Waals surface area (Å²) < 4.78 is 1.15. The summed E-state index contributed by atoms with van der Waals surface area (Å²) in [6.07, 6.45) is 17.6. The second kappa shape index (κ2) is 8.16. The van der Waals surface area contributed by atoms with Gasteiger partial charge in [0.1, 0.15) is 0 Å². The van der Waals surface area contributed by atoms with Crippen LogP contribution in [-0.2, 0) is 0 Å². The molecule has 1 saturated carbocycles. The lowest BCUT2D eigenvalue weighted by Gasteiger charge is -2.39. The number of alkyl halides is 1. The maximum absolute atomic E-state index is 4.64. The van der Waals surface area contributed by atoms with Crippen LogP contribution in [0.15, 0.2) is 40.6 Å². The van der Waals surface area contributed by atoms with E-state index in [1.165, 1.54) is 30.5 Å². The van der Waals surface area contributed by atoms with Crippen LogP contribution in [0.1, 0.15) is 46.0 Å². The highest BCUT2D eigenvalue weighted by atomic mass is 127. The maximum Gasteiger partial charge on any atom is 0.0655 e. The van der Waals surface area contributed by atoms with Crippen molar-refractivity contribution in [3.8, 4) is 0 Å². The topological polar surface area (TPSA) is 12.4 Å². The van der Waals surface area contributed by atoms with E-state index in [-0.39, 0.29) is 0 Å². The van der Waals surface area contributed by atoms with Crippen LogP contribution < -0.4 is 0 Å². The van der Waals surface area contributed by atoms with Crippen molar-refractivity contribution in [3.05, 3.63) is 35.6 Å². The molecule has 0 radical (unpaired) electrons. The summed E-state index contributed by atoms with van der Waals surface area (Å²) in [7, 11) is 0. The average molecular weight is 383 g/mol. The van der Waals surface area contributed by atoms with E-state index < -0.39 is 0 Å². The molecule has 0 spiro atoms. The van der Waals surface area contributed by atoms with Gasteiger partial charge in [-0.3, -0.25) is 4.99 Å².